The first-order chi connectivity index (χ1) is 9.69. The van der Waals surface area contributed by atoms with Crippen LogP contribution in [-0.4, -0.2) is 19.7 Å². The lowest BCUT2D eigenvalue weighted by molar-refractivity contribution is -0.697. The molecule has 2 aromatic rings. The quantitative estimate of drug-likeness (QED) is 0.618. The maximum absolute atomic E-state index is 11.4. The van der Waals surface area contributed by atoms with Gasteiger partial charge in [-0.25, -0.2) is 9.36 Å². The number of aryl methyl sites for hydroxylation is 1. The maximum Gasteiger partial charge on any atom is 0.343 e. The van der Waals surface area contributed by atoms with Crippen molar-refractivity contribution in [3.8, 4) is 5.75 Å². The van der Waals surface area contributed by atoms with Crippen LogP contribution in [0.25, 0.3) is 0 Å². The fourth-order valence-electron chi connectivity index (χ4n) is 1.80. The molecular weight excluding hydrogens is 254 g/mol. The molecule has 1 heterocycles. The van der Waals surface area contributed by atoms with Crippen molar-refractivity contribution < 1.29 is 18.8 Å². The topological polar surface area (TPSA) is 39.4 Å². The van der Waals surface area contributed by atoms with Crippen LogP contribution in [0.15, 0.2) is 48.8 Å². The monoisotopic (exact) mass is 272 g/mol. The highest BCUT2D eigenvalue weighted by Gasteiger charge is 2.10. The van der Waals surface area contributed by atoms with Crippen LogP contribution in [-0.2, 0) is 11.3 Å². The Kier molecular flexibility index (Phi) is 4.71. The van der Waals surface area contributed by atoms with E-state index in [4.69, 9.17) is 9.47 Å². The molecule has 0 bridgehead atoms. The molecule has 1 aromatic heterocycles. The maximum atomic E-state index is 11.4. The summed E-state index contributed by atoms with van der Waals surface area (Å²) in [6.07, 6.45) is 3.65. The van der Waals surface area contributed by atoms with Gasteiger partial charge in [0, 0.05) is 6.07 Å². The summed E-state index contributed by atoms with van der Waals surface area (Å²) < 4.78 is 12.3. The minimum absolute atomic E-state index is 0.334. The van der Waals surface area contributed by atoms with Gasteiger partial charge in [-0.1, -0.05) is 17.7 Å². The molecule has 1 aromatic carbocycles. The van der Waals surface area contributed by atoms with E-state index in [0.29, 0.717) is 18.7 Å². The highest BCUT2D eigenvalue weighted by atomic mass is 16.5. The number of esters is 1. The Morgan fingerprint density at radius 2 is 1.95 bits per heavy atom. The standard InChI is InChI=1S/C16H18NO3/c1-13-5-7-15(8-6-13)20-11-10-17-9-3-4-14(12-17)16(18)19-2/h3-9,12H,10-11H2,1-2H3/q+1. The molecule has 0 saturated heterocycles. The van der Waals surface area contributed by atoms with Gasteiger partial charge < -0.3 is 9.47 Å². The number of pyridine rings is 1. The van der Waals surface area contributed by atoms with Gasteiger partial charge in [0.2, 0.25) is 0 Å². The van der Waals surface area contributed by atoms with Gasteiger partial charge in [-0.2, -0.15) is 0 Å². The van der Waals surface area contributed by atoms with E-state index in [1.54, 1.807) is 12.3 Å². The Morgan fingerprint density at radius 1 is 1.20 bits per heavy atom. The van der Waals surface area contributed by atoms with Gasteiger partial charge in [0.15, 0.2) is 18.9 Å². The lowest BCUT2D eigenvalue weighted by atomic mass is 10.2. The largest absolute Gasteiger partial charge is 0.487 e. The number of aromatic nitrogens is 1. The molecule has 0 amide bonds. The SMILES string of the molecule is COC(=O)c1ccc[n+](CCOc2ccc(C)cc2)c1. The predicted octanol–water partition coefficient (Wildman–Crippen LogP) is 2.15. The van der Waals surface area contributed by atoms with Crippen LogP contribution < -0.4 is 9.30 Å². The summed E-state index contributed by atoms with van der Waals surface area (Å²) in [5, 5.41) is 0. The molecule has 0 aliphatic rings. The van der Waals surface area contributed by atoms with Crippen molar-refractivity contribution in [1.29, 1.82) is 0 Å². The van der Waals surface area contributed by atoms with Crippen LogP contribution in [0.3, 0.4) is 0 Å². The second kappa shape index (κ2) is 6.70. The molecule has 2 rings (SSSR count). The van der Waals surface area contributed by atoms with Crippen molar-refractivity contribution in [2.45, 2.75) is 13.5 Å². The molecule has 4 heteroatoms. The van der Waals surface area contributed by atoms with E-state index in [1.807, 2.05) is 48.0 Å². The average molecular weight is 272 g/mol. The van der Waals surface area contributed by atoms with Crippen LogP contribution >= 0.6 is 0 Å². The van der Waals surface area contributed by atoms with E-state index in [1.165, 1.54) is 12.7 Å². The number of benzene rings is 1. The number of nitrogens with zero attached hydrogens (tertiary/aromatic N) is 1. The Balaban J connectivity index is 1.91. The van der Waals surface area contributed by atoms with Gasteiger partial charge in [-0.05, 0) is 25.1 Å². The summed E-state index contributed by atoms with van der Waals surface area (Å²) in [5.74, 6) is 0.513. The Bertz CT molecular complexity index is 579. The third-order valence-electron chi connectivity index (χ3n) is 2.92. The third kappa shape index (κ3) is 3.82. The summed E-state index contributed by atoms with van der Waals surface area (Å²) in [7, 11) is 1.38. The fraction of sp³-hybridized carbons (Fsp3) is 0.250. The summed E-state index contributed by atoms with van der Waals surface area (Å²) in [5.41, 5.74) is 1.74. The van der Waals surface area contributed by atoms with Crippen LogP contribution in [0.4, 0.5) is 0 Å². The molecule has 0 fully saturated rings. The normalized spacial score (nSPS) is 10.1. The molecule has 20 heavy (non-hydrogen) atoms. The van der Waals surface area contributed by atoms with Crippen LogP contribution in [0.5, 0.6) is 5.75 Å². The smallest absolute Gasteiger partial charge is 0.343 e. The van der Waals surface area contributed by atoms with Gasteiger partial charge in [0.05, 0.1) is 7.11 Å². The summed E-state index contributed by atoms with van der Waals surface area (Å²) >= 11 is 0. The van der Waals surface area contributed by atoms with Crippen molar-refractivity contribution in [3.05, 3.63) is 59.9 Å². The molecule has 0 unspecified atom stereocenters. The molecule has 104 valence electrons. The van der Waals surface area contributed by atoms with E-state index in [9.17, 15) is 4.79 Å². The number of hydrogen-bond acceptors (Lipinski definition) is 3. The predicted molar refractivity (Wildman–Crippen MR) is 74.7 cm³/mol. The summed E-state index contributed by atoms with van der Waals surface area (Å²) in [6, 6.07) is 11.5. The first-order valence-corrected chi connectivity index (χ1v) is 6.46. The Hall–Kier alpha value is -2.36. The lowest BCUT2D eigenvalue weighted by Gasteiger charge is -2.04. The first-order valence-electron chi connectivity index (χ1n) is 6.46. The Morgan fingerprint density at radius 3 is 2.65 bits per heavy atom. The number of carbonyl (C=O) groups is 1. The highest BCUT2D eigenvalue weighted by molar-refractivity contribution is 5.88. The lowest BCUT2D eigenvalue weighted by Crippen LogP contribution is -2.36. The first kappa shape index (κ1) is 14.1. The molecule has 0 radical (unpaired) electrons. The van der Waals surface area contributed by atoms with E-state index >= 15 is 0 Å². The zero-order chi connectivity index (χ0) is 14.4. The van der Waals surface area contributed by atoms with Gasteiger partial charge in [0.1, 0.15) is 17.9 Å². The van der Waals surface area contributed by atoms with E-state index < -0.39 is 0 Å². The molecular formula is C16H18NO3+. The molecule has 0 saturated carbocycles. The van der Waals surface area contributed by atoms with Crippen molar-refractivity contribution >= 4 is 5.97 Å². The van der Waals surface area contributed by atoms with Crippen molar-refractivity contribution in [1.82, 2.24) is 0 Å². The van der Waals surface area contributed by atoms with Crippen LogP contribution in [0.2, 0.25) is 0 Å². The molecule has 0 spiro atoms. The second-order valence-corrected chi connectivity index (χ2v) is 4.48. The minimum Gasteiger partial charge on any atom is -0.487 e. The molecule has 0 atom stereocenters. The van der Waals surface area contributed by atoms with Crippen molar-refractivity contribution in [2.24, 2.45) is 0 Å². The number of ether oxygens (including phenoxy) is 2. The van der Waals surface area contributed by atoms with E-state index in [2.05, 4.69) is 0 Å². The number of carbonyl (C=O) groups excluding carboxylic acids is 1. The molecule has 4 nitrogen and oxygen atoms in total. The Labute approximate surface area is 118 Å². The van der Waals surface area contributed by atoms with Crippen molar-refractivity contribution in [3.63, 3.8) is 0 Å². The summed E-state index contributed by atoms with van der Waals surface area (Å²) in [4.78, 5) is 11.4. The van der Waals surface area contributed by atoms with Crippen LogP contribution in [0, 0.1) is 6.92 Å². The van der Waals surface area contributed by atoms with E-state index in [-0.39, 0.29) is 5.97 Å². The molecule has 0 aliphatic heterocycles. The van der Waals surface area contributed by atoms with E-state index in [0.717, 1.165) is 5.75 Å². The van der Waals surface area contributed by atoms with Crippen LogP contribution in [0.1, 0.15) is 15.9 Å². The average Bonchev–Trinajstić information content (AvgIpc) is 2.49. The minimum atomic E-state index is -0.334. The molecule has 0 N–H and O–H groups in total. The van der Waals surface area contributed by atoms with Gasteiger partial charge in [-0.3, -0.25) is 0 Å². The highest BCUT2D eigenvalue weighted by Crippen LogP contribution is 2.10. The van der Waals surface area contributed by atoms with Gasteiger partial charge >= 0.3 is 5.97 Å². The number of hydrogen-bond donors (Lipinski definition) is 0. The van der Waals surface area contributed by atoms with Gasteiger partial charge in [-0.15, -0.1) is 0 Å². The fourth-order valence-corrected chi connectivity index (χ4v) is 1.80. The van der Waals surface area contributed by atoms with Gasteiger partial charge in [0.25, 0.3) is 0 Å². The summed E-state index contributed by atoms with van der Waals surface area (Å²) in [6.45, 7) is 3.25. The van der Waals surface area contributed by atoms with Crippen molar-refractivity contribution in [2.75, 3.05) is 13.7 Å². The zero-order valence-electron chi connectivity index (χ0n) is 11.7. The second-order valence-electron chi connectivity index (χ2n) is 4.48. The number of rotatable bonds is 5. The zero-order valence-corrected chi connectivity index (χ0v) is 11.7. The molecule has 0 aliphatic carbocycles. The third-order valence-corrected chi connectivity index (χ3v) is 2.92. The number of methoxy groups -OCH3 is 1.